The minimum absolute atomic E-state index is 0.282. The largest absolute Gasteiger partial charge is 0.0842 e. The maximum atomic E-state index is 2.45. The Bertz CT molecular complexity index is 93.9. The van der Waals surface area contributed by atoms with Gasteiger partial charge in [0.2, 0.25) is 0 Å². The van der Waals surface area contributed by atoms with E-state index in [9.17, 15) is 0 Å². The molecule has 0 nitrogen and oxygen atoms in total. The van der Waals surface area contributed by atoms with Gasteiger partial charge in [-0.25, -0.2) is 0 Å². The highest BCUT2D eigenvalue weighted by atomic mass is 32.1. The third-order valence-electron chi connectivity index (χ3n) is 1.94. The van der Waals surface area contributed by atoms with Crippen LogP contribution in [0.4, 0.5) is 0 Å². The second kappa shape index (κ2) is 4.03. The van der Waals surface area contributed by atoms with Gasteiger partial charge >= 0.3 is 0 Å². The Labute approximate surface area is 68.2 Å². The van der Waals surface area contributed by atoms with Crippen LogP contribution >= 0.6 is 15.2 Å². The van der Waals surface area contributed by atoms with E-state index in [0.29, 0.717) is 12.8 Å². The van der Waals surface area contributed by atoms with Crippen molar-refractivity contribution in [1.29, 1.82) is 0 Å². The lowest BCUT2D eigenvalue weighted by molar-refractivity contribution is 0.794. The Morgan fingerprint density at radius 2 is 1.50 bits per heavy atom. The summed E-state index contributed by atoms with van der Waals surface area (Å²) in [7, 11) is 0.619. The molecule has 0 aromatic heterocycles. The van der Waals surface area contributed by atoms with Gasteiger partial charge in [0.1, 0.15) is 0 Å². The topological polar surface area (TPSA) is 0 Å². The molecule has 0 rings (SSSR count). The summed E-state index contributed by atoms with van der Waals surface area (Å²) in [5, 5.41) is 0.575. The molecular formula is C8H20P2. The van der Waals surface area contributed by atoms with Crippen LogP contribution in [0.25, 0.3) is 0 Å². The van der Waals surface area contributed by atoms with E-state index in [1.807, 2.05) is 0 Å². The van der Waals surface area contributed by atoms with Gasteiger partial charge in [0.05, 0.1) is 0 Å². The summed E-state index contributed by atoms with van der Waals surface area (Å²) >= 11 is 0. The first-order chi connectivity index (χ1) is 4.39. The predicted octanol–water partition coefficient (Wildman–Crippen LogP) is 3.94. The average molecular weight is 178 g/mol. The summed E-state index contributed by atoms with van der Waals surface area (Å²) in [5.41, 5.74) is 0. The van der Waals surface area contributed by atoms with E-state index in [-0.39, 0.29) is 7.61 Å². The monoisotopic (exact) mass is 178 g/mol. The molecule has 0 bridgehead atoms. The first-order valence-electron chi connectivity index (χ1n) is 3.84. The first kappa shape index (κ1) is 10.9. The van der Waals surface area contributed by atoms with Crippen molar-refractivity contribution in [3.63, 3.8) is 0 Å². The molecule has 0 aliphatic heterocycles. The van der Waals surface area contributed by atoms with Crippen molar-refractivity contribution in [1.82, 2.24) is 0 Å². The van der Waals surface area contributed by atoms with Crippen LogP contribution in [0.2, 0.25) is 0 Å². The fourth-order valence-corrected chi connectivity index (χ4v) is 6.52. The second-order valence-corrected chi connectivity index (χ2v) is 11.9. The van der Waals surface area contributed by atoms with Crippen LogP contribution in [-0.2, 0) is 0 Å². The summed E-state index contributed by atoms with van der Waals surface area (Å²) in [5.74, 6) is 0. The smallest absolute Gasteiger partial charge is 0.0143 e. The van der Waals surface area contributed by atoms with E-state index in [2.05, 4.69) is 41.0 Å². The van der Waals surface area contributed by atoms with Gasteiger partial charge in [-0.15, -0.1) is 0 Å². The molecule has 0 N–H and O–H groups in total. The minimum atomic E-state index is 0.282. The highest BCUT2D eigenvalue weighted by Gasteiger charge is 2.22. The van der Waals surface area contributed by atoms with Gasteiger partial charge in [0.25, 0.3) is 0 Å². The average Bonchev–Trinajstić information content (AvgIpc) is 1.83. The highest BCUT2D eigenvalue weighted by Crippen LogP contribution is 2.70. The Hall–Kier alpha value is 0.860. The van der Waals surface area contributed by atoms with Gasteiger partial charge < -0.3 is 0 Å². The normalized spacial score (nSPS) is 18.6. The van der Waals surface area contributed by atoms with Crippen LogP contribution in [0, 0.1) is 0 Å². The molecule has 0 amide bonds. The first-order valence-corrected chi connectivity index (χ1v) is 8.31. The molecule has 62 valence electrons. The lowest BCUT2D eigenvalue weighted by Gasteiger charge is -2.32. The Morgan fingerprint density at radius 3 is 1.60 bits per heavy atom. The standard InChI is InChI=1S/C8H20P2/c1-7-9(5)10(6)8(2,3)4/h7H2,1-6H3. The zero-order chi connectivity index (χ0) is 8.36. The zero-order valence-corrected chi connectivity index (χ0v) is 9.89. The fourth-order valence-electron chi connectivity index (χ4n) is 0.724. The molecule has 0 saturated heterocycles. The third kappa shape index (κ3) is 3.31. The number of rotatable bonds is 2. The quantitative estimate of drug-likeness (QED) is 0.562. The number of hydrogen-bond donors (Lipinski definition) is 0. The zero-order valence-electron chi connectivity index (χ0n) is 8.10. The Balaban J connectivity index is 3.94. The molecule has 0 spiro atoms. The van der Waals surface area contributed by atoms with Crippen molar-refractivity contribution in [2.45, 2.75) is 32.9 Å². The molecule has 2 unspecified atom stereocenters. The molecule has 0 heterocycles. The molecule has 0 aromatic rings. The summed E-state index contributed by atoms with van der Waals surface area (Å²) in [4.78, 5) is 0. The van der Waals surface area contributed by atoms with Gasteiger partial charge in [0, 0.05) is 0 Å². The maximum Gasteiger partial charge on any atom is -0.0143 e. The van der Waals surface area contributed by atoms with Crippen molar-refractivity contribution >= 4 is 15.2 Å². The molecule has 0 aromatic carbocycles. The van der Waals surface area contributed by atoms with Gasteiger partial charge in [0.15, 0.2) is 0 Å². The highest BCUT2D eigenvalue weighted by molar-refractivity contribution is 8.29. The molecule has 0 saturated carbocycles. The molecule has 0 radical (unpaired) electrons. The van der Waals surface area contributed by atoms with Crippen molar-refractivity contribution in [3.05, 3.63) is 0 Å². The van der Waals surface area contributed by atoms with Crippen molar-refractivity contribution in [2.24, 2.45) is 0 Å². The lowest BCUT2D eigenvalue weighted by Crippen LogP contribution is -2.09. The van der Waals surface area contributed by atoms with Crippen LogP contribution in [0.5, 0.6) is 0 Å². The van der Waals surface area contributed by atoms with E-state index in [1.165, 1.54) is 6.16 Å². The molecule has 0 fully saturated rings. The molecule has 0 aliphatic carbocycles. The second-order valence-electron chi connectivity index (χ2n) is 3.67. The molecule has 0 aliphatic rings. The van der Waals surface area contributed by atoms with Gasteiger partial charge in [-0.1, -0.05) is 42.9 Å². The summed E-state index contributed by atoms with van der Waals surface area (Å²) < 4.78 is 0. The van der Waals surface area contributed by atoms with E-state index in [0.717, 1.165) is 0 Å². The van der Waals surface area contributed by atoms with Crippen LogP contribution in [0.3, 0.4) is 0 Å². The van der Waals surface area contributed by atoms with E-state index < -0.39 is 0 Å². The van der Waals surface area contributed by atoms with E-state index in [4.69, 9.17) is 0 Å². The van der Waals surface area contributed by atoms with Crippen molar-refractivity contribution < 1.29 is 0 Å². The Morgan fingerprint density at radius 1 is 1.10 bits per heavy atom. The van der Waals surface area contributed by atoms with Crippen molar-refractivity contribution in [2.75, 3.05) is 19.5 Å². The van der Waals surface area contributed by atoms with E-state index >= 15 is 0 Å². The summed E-state index contributed by atoms with van der Waals surface area (Å²) in [6, 6.07) is 0. The molecular weight excluding hydrogens is 158 g/mol. The van der Waals surface area contributed by atoms with Gasteiger partial charge in [-0.05, 0) is 24.6 Å². The SMILES string of the molecule is CCP(C)P(C)C(C)(C)C. The van der Waals surface area contributed by atoms with Crippen molar-refractivity contribution in [3.8, 4) is 0 Å². The van der Waals surface area contributed by atoms with Crippen LogP contribution in [0.1, 0.15) is 27.7 Å². The summed E-state index contributed by atoms with van der Waals surface area (Å²) in [6.45, 7) is 14.3. The number of hydrogen-bond acceptors (Lipinski definition) is 0. The van der Waals surface area contributed by atoms with Gasteiger partial charge in [-0.2, -0.15) is 0 Å². The van der Waals surface area contributed by atoms with Crippen LogP contribution < -0.4 is 0 Å². The lowest BCUT2D eigenvalue weighted by atomic mass is 10.3. The summed E-state index contributed by atoms with van der Waals surface area (Å²) in [6.07, 6.45) is 1.40. The molecule has 2 heteroatoms. The third-order valence-corrected chi connectivity index (χ3v) is 11.5. The predicted molar refractivity (Wildman–Crippen MR) is 56.0 cm³/mol. The van der Waals surface area contributed by atoms with E-state index in [1.54, 1.807) is 0 Å². The maximum absolute atomic E-state index is 2.45. The van der Waals surface area contributed by atoms with Crippen LogP contribution in [-0.4, -0.2) is 24.6 Å². The Kier molecular flexibility index (Phi) is 4.38. The van der Waals surface area contributed by atoms with Gasteiger partial charge in [-0.3, -0.25) is 0 Å². The molecule has 10 heavy (non-hydrogen) atoms. The molecule has 2 atom stereocenters. The fraction of sp³-hybridized carbons (Fsp3) is 1.00. The minimum Gasteiger partial charge on any atom is -0.0842 e. The van der Waals surface area contributed by atoms with Crippen LogP contribution in [0.15, 0.2) is 0 Å².